The van der Waals surface area contributed by atoms with Crippen molar-refractivity contribution in [1.29, 1.82) is 0 Å². The van der Waals surface area contributed by atoms with Gasteiger partial charge in [0.15, 0.2) is 5.96 Å². The molecule has 0 aliphatic carbocycles. The minimum absolute atomic E-state index is 0.300. The number of hydrogen-bond acceptors (Lipinski definition) is 4. The highest BCUT2D eigenvalue weighted by atomic mass is 15.1. The fourth-order valence-corrected chi connectivity index (χ4v) is 1.50. The van der Waals surface area contributed by atoms with Crippen molar-refractivity contribution in [2.24, 2.45) is 22.4 Å². The van der Waals surface area contributed by atoms with Crippen molar-refractivity contribution in [2.75, 3.05) is 0 Å². The van der Waals surface area contributed by atoms with Gasteiger partial charge in [-0.05, 0) is 18.8 Å². The number of nitrogens with two attached hydrogens (primary N) is 2. The molecule has 1 aliphatic rings. The molecule has 1 aliphatic heterocycles. The molecule has 0 radical (unpaired) electrons. The number of hydrogen-bond donors (Lipinski definition) is 3. The first-order valence-electron chi connectivity index (χ1n) is 4.97. The maximum Gasteiger partial charge on any atom is 0.198 e. The van der Waals surface area contributed by atoms with Crippen molar-refractivity contribution >= 4 is 5.96 Å². The summed E-state index contributed by atoms with van der Waals surface area (Å²) in [7, 11) is 0. The van der Waals surface area contributed by atoms with Crippen LogP contribution in [0.15, 0.2) is 41.3 Å². The average molecular weight is 206 g/mol. The third-order valence-corrected chi connectivity index (χ3v) is 2.42. The molecule has 0 aromatic heterocycles. The lowest BCUT2D eigenvalue weighted by molar-refractivity contribution is 0.588. The normalized spacial score (nSPS) is 18.2. The van der Waals surface area contributed by atoms with Crippen LogP contribution in [0.1, 0.15) is 19.8 Å². The van der Waals surface area contributed by atoms with E-state index in [4.69, 9.17) is 11.5 Å². The molecule has 1 atom stereocenters. The largest absolute Gasteiger partial charge is 0.396 e. The number of allylic oxidation sites excluding steroid dienone is 2. The van der Waals surface area contributed by atoms with E-state index in [0.717, 1.165) is 18.5 Å². The number of aliphatic imine (C=N–C) groups is 1. The maximum absolute atomic E-state index is 5.89. The van der Waals surface area contributed by atoms with Crippen molar-refractivity contribution < 1.29 is 0 Å². The Kier molecular flexibility index (Phi) is 3.55. The standard InChI is InChI=1S/C11H18N4/c1-4-5-6-7(2)10-9(12)8(3)14-11(13)15-10/h4,7H,1,3,5-6,12H2,2H3,(H3,13,14,15). The number of guanidine groups is 1. The van der Waals surface area contributed by atoms with Gasteiger partial charge in [-0.3, -0.25) is 0 Å². The molecule has 1 heterocycles. The average Bonchev–Trinajstić information content (AvgIpc) is 2.19. The SMILES string of the molecule is C=CCCC(C)C1=C(N)C(=C)N=C(N)N1. The number of nitrogens with one attached hydrogen (secondary N) is 1. The van der Waals surface area contributed by atoms with Crippen LogP contribution in [-0.4, -0.2) is 5.96 Å². The lowest BCUT2D eigenvalue weighted by Crippen LogP contribution is -2.38. The van der Waals surface area contributed by atoms with E-state index in [9.17, 15) is 0 Å². The first-order valence-corrected chi connectivity index (χ1v) is 4.97. The summed E-state index contributed by atoms with van der Waals surface area (Å²) in [4.78, 5) is 3.96. The molecule has 4 heteroatoms. The molecular formula is C11H18N4. The summed E-state index contributed by atoms with van der Waals surface area (Å²) in [6, 6.07) is 0. The highest BCUT2D eigenvalue weighted by Crippen LogP contribution is 2.21. The topological polar surface area (TPSA) is 76.4 Å². The van der Waals surface area contributed by atoms with Crippen LogP contribution in [-0.2, 0) is 0 Å². The summed E-state index contributed by atoms with van der Waals surface area (Å²) in [6.45, 7) is 9.53. The molecule has 0 aromatic rings. The monoisotopic (exact) mass is 206 g/mol. The van der Waals surface area contributed by atoms with E-state index in [1.54, 1.807) is 0 Å². The quantitative estimate of drug-likeness (QED) is 0.605. The van der Waals surface area contributed by atoms with Crippen molar-refractivity contribution in [1.82, 2.24) is 5.32 Å². The van der Waals surface area contributed by atoms with E-state index in [1.165, 1.54) is 0 Å². The van der Waals surface area contributed by atoms with Gasteiger partial charge in [-0.15, -0.1) is 6.58 Å². The Morgan fingerprint density at radius 1 is 1.53 bits per heavy atom. The smallest absolute Gasteiger partial charge is 0.198 e. The van der Waals surface area contributed by atoms with Crippen LogP contribution in [0.5, 0.6) is 0 Å². The summed E-state index contributed by atoms with van der Waals surface area (Å²) in [5, 5.41) is 2.99. The van der Waals surface area contributed by atoms with Gasteiger partial charge in [0.2, 0.25) is 0 Å². The van der Waals surface area contributed by atoms with Crippen molar-refractivity contribution in [3.05, 3.63) is 36.3 Å². The van der Waals surface area contributed by atoms with Gasteiger partial charge in [0, 0.05) is 5.70 Å². The zero-order valence-electron chi connectivity index (χ0n) is 9.09. The summed E-state index contributed by atoms with van der Waals surface area (Å²) < 4.78 is 0. The van der Waals surface area contributed by atoms with Gasteiger partial charge < -0.3 is 16.8 Å². The molecule has 5 N–H and O–H groups in total. The van der Waals surface area contributed by atoms with Crippen LogP contribution in [0.3, 0.4) is 0 Å². The zero-order chi connectivity index (χ0) is 11.4. The maximum atomic E-state index is 5.89. The molecule has 0 fully saturated rings. The molecule has 0 saturated heterocycles. The molecule has 15 heavy (non-hydrogen) atoms. The van der Waals surface area contributed by atoms with Gasteiger partial charge in [-0.25, -0.2) is 4.99 Å². The Morgan fingerprint density at radius 3 is 2.80 bits per heavy atom. The second-order valence-electron chi connectivity index (χ2n) is 3.66. The van der Waals surface area contributed by atoms with Crippen molar-refractivity contribution in [3.8, 4) is 0 Å². The molecule has 0 saturated carbocycles. The van der Waals surface area contributed by atoms with Gasteiger partial charge >= 0.3 is 0 Å². The lowest BCUT2D eigenvalue weighted by atomic mass is 9.98. The van der Waals surface area contributed by atoms with Gasteiger partial charge in [0.25, 0.3) is 0 Å². The second-order valence-corrected chi connectivity index (χ2v) is 3.66. The Bertz CT molecular complexity index is 338. The number of nitrogens with zero attached hydrogens (tertiary/aromatic N) is 1. The van der Waals surface area contributed by atoms with Crippen LogP contribution in [0, 0.1) is 5.92 Å². The van der Waals surface area contributed by atoms with E-state index >= 15 is 0 Å². The fourth-order valence-electron chi connectivity index (χ4n) is 1.50. The first kappa shape index (κ1) is 11.4. The Labute approximate surface area is 90.4 Å². The summed E-state index contributed by atoms with van der Waals surface area (Å²) in [6.07, 6.45) is 3.82. The Hall–Kier alpha value is -1.71. The molecule has 0 amide bonds. The summed E-state index contributed by atoms with van der Waals surface area (Å²) >= 11 is 0. The van der Waals surface area contributed by atoms with Gasteiger partial charge in [-0.1, -0.05) is 19.6 Å². The Balaban J connectivity index is 2.79. The fraction of sp³-hybridized carbons (Fsp3) is 0.364. The van der Waals surface area contributed by atoms with E-state index in [0.29, 0.717) is 23.3 Å². The zero-order valence-corrected chi connectivity index (χ0v) is 9.09. The van der Waals surface area contributed by atoms with Crippen LogP contribution in [0.25, 0.3) is 0 Å². The number of rotatable bonds is 4. The van der Waals surface area contributed by atoms with Gasteiger partial charge in [0.1, 0.15) is 0 Å². The predicted molar refractivity (Wildman–Crippen MR) is 63.7 cm³/mol. The minimum atomic E-state index is 0.300. The molecule has 1 rings (SSSR count). The van der Waals surface area contributed by atoms with Crippen LogP contribution >= 0.6 is 0 Å². The Morgan fingerprint density at radius 2 is 2.20 bits per heavy atom. The predicted octanol–water partition coefficient (Wildman–Crippen LogP) is 1.19. The highest BCUT2D eigenvalue weighted by molar-refractivity contribution is 5.83. The molecule has 1 unspecified atom stereocenters. The van der Waals surface area contributed by atoms with Crippen LogP contribution in [0.4, 0.5) is 0 Å². The van der Waals surface area contributed by atoms with E-state index in [-0.39, 0.29) is 0 Å². The third kappa shape index (κ3) is 2.62. The van der Waals surface area contributed by atoms with Crippen molar-refractivity contribution in [2.45, 2.75) is 19.8 Å². The molecule has 0 aromatic carbocycles. The highest BCUT2D eigenvalue weighted by Gasteiger charge is 2.18. The van der Waals surface area contributed by atoms with E-state index in [2.05, 4.69) is 30.4 Å². The third-order valence-electron chi connectivity index (χ3n) is 2.42. The molecule has 0 spiro atoms. The lowest BCUT2D eigenvalue weighted by Gasteiger charge is -2.23. The van der Waals surface area contributed by atoms with Crippen LogP contribution in [0.2, 0.25) is 0 Å². The van der Waals surface area contributed by atoms with Gasteiger partial charge in [0.05, 0.1) is 11.4 Å². The molecule has 0 bridgehead atoms. The second kappa shape index (κ2) is 4.68. The molecular weight excluding hydrogens is 188 g/mol. The van der Waals surface area contributed by atoms with Gasteiger partial charge in [-0.2, -0.15) is 0 Å². The van der Waals surface area contributed by atoms with Crippen molar-refractivity contribution in [3.63, 3.8) is 0 Å². The first-order chi connectivity index (χ1) is 7.06. The summed E-state index contributed by atoms with van der Waals surface area (Å²) in [5.41, 5.74) is 13.5. The van der Waals surface area contributed by atoms with E-state index in [1.807, 2.05) is 6.08 Å². The minimum Gasteiger partial charge on any atom is -0.396 e. The molecule has 82 valence electrons. The van der Waals surface area contributed by atoms with E-state index < -0.39 is 0 Å². The summed E-state index contributed by atoms with van der Waals surface area (Å²) in [5.74, 6) is 0.656. The molecule has 4 nitrogen and oxygen atoms in total. The van der Waals surface area contributed by atoms with Crippen LogP contribution < -0.4 is 16.8 Å².